The van der Waals surface area contributed by atoms with E-state index in [9.17, 15) is 9.18 Å². The highest BCUT2D eigenvalue weighted by atomic mass is 19.1. The fraction of sp³-hybridized carbons (Fsp3) is 0.389. The lowest BCUT2D eigenvalue weighted by Crippen LogP contribution is -2.43. The van der Waals surface area contributed by atoms with Gasteiger partial charge in [0.05, 0.1) is 31.1 Å². The Morgan fingerprint density at radius 1 is 1.25 bits per heavy atom. The van der Waals surface area contributed by atoms with Crippen molar-refractivity contribution in [3.8, 4) is 0 Å². The summed E-state index contributed by atoms with van der Waals surface area (Å²) in [6.45, 7) is 5.08. The van der Waals surface area contributed by atoms with Crippen LogP contribution in [0.4, 0.5) is 4.39 Å². The van der Waals surface area contributed by atoms with E-state index < -0.39 is 0 Å². The minimum absolute atomic E-state index is 0.0225. The molecule has 0 aliphatic carbocycles. The maximum absolute atomic E-state index is 13.2. The molecule has 128 valence electrons. The van der Waals surface area contributed by atoms with E-state index in [1.165, 1.54) is 18.4 Å². The summed E-state index contributed by atoms with van der Waals surface area (Å²) >= 11 is 0. The number of nitrogens with one attached hydrogen (secondary N) is 1. The molecule has 0 bridgehead atoms. The molecule has 2 heterocycles. The van der Waals surface area contributed by atoms with Crippen LogP contribution in [0.3, 0.4) is 0 Å². The molecular weight excluding hydrogens is 311 g/mol. The number of ether oxygens (including phenoxy) is 1. The molecule has 1 unspecified atom stereocenters. The summed E-state index contributed by atoms with van der Waals surface area (Å²) in [6, 6.07) is 8.07. The van der Waals surface area contributed by atoms with E-state index in [1.807, 2.05) is 0 Å². The van der Waals surface area contributed by atoms with Gasteiger partial charge in [-0.1, -0.05) is 12.1 Å². The fourth-order valence-corrected chi connectivity index (χ4v) is 2.94. The van der Waals surface area contributed by atoms with Gasteiger partial charge in [0.1, 0.15) is 11.6 Å². The van der Waals surface area contributed by atoms with Gasteiger partial charge in [0.15, 0.2) is 0 Å². The molecule has 6 heteroatoms. The Kier molecular flexibility index (Phi) is 5.27. The summed E-state index contributed by atoms with van der Waals surface area (Å²) in [5.41, 5.74) is 1.51. The van der Waals surface area contributed by atoms with Gasteiger partial charge in [0, 0.05) is 19.6 Å². The van der Waals surface area contributed by atoms with Gasteiger partial charge >= 0.3 is 0 Å². The van der Waals surface area contributed by atoms with Gasteiger partial charge in [-0.25, -0.2) is 4.39 Å². The second-order valence-electron chi connectivity index (χ2n) is 5.82. The van der Waals surface area contributed by atoms with E-state index in [0.717, 1.165) is 18.7 Å². The van der Waals surface area contributed by atoms with Crippen LogP contribution in [-0.2, 0) is 4.74 Å². The molecule has 0 spiro atoms. The van der Waals surface area contributed by atoms with Crippen molar-refractivity contribution in [3.05, 3.63) is 59.3 Å². The summed E-state index contributed by atoms with van der Waals surface area (Å²) in [5.74, 6) is 0.163. The normalized spacial score (nSPS) is 16.8. The third-order valence-electron chi connectivity index (χ3n) is 4.30. The van der Waals surface area contributed by atoms with Gasteiger partial charge < -0.3 is 14.5 Å². The first kappa shape index (κ1) is 16.7. The second-order valence-corrected chi connectivity index (χ2v) is 5.82. The summed E-state index contributed by atoms with van der Waals surface area (Å²) < 4.78 is 23.8. The van der Waals surface area contributed by atoms with E-state index in [0.29, 0.717) is 31.1 Å². The van der Waals surface area contributed by atoms with Crippen molar-refractivity contribution in [1.82, 2.24) is 10.2 Å². The van der Waals surface area contributed by atoms with Crippen LogP contribution in [0, 0.1) is 12.7 Å². The van der Waals surface area contributed by atoms with Crippen molar-refractivity contribution in [2.45, 2.75) is 13.0 Å². The molecular formula is C18H21FN2O3. The average Bonchev–Trinajstić information content (AvgIpc) is 3.03. The van der Waals surface area contributed by atoms with Crippen molar-refractivity contribution in [3.63, 3.8) is 0 Å². The Labute approximate surface area is 140 Å². The standard InChI is InChI=1S/C18H21FN2O3/c1-13-16(6-9-24-13)18(22)20-12-17(21-7-10-23-11-8-21)14-2-4-15(19)5-3-14/h2-6,9,17H,7-8,10-12H2,1H3,(H,20,22). The van der Waals surface area contributed by atoms with E-state index >= 15 is 0 Å². The number of hydrogen-bond acceptors (Lipinski definition) is 4. The first-order valence-corrected chi connectivity index (χ1v) is 8.04. The molecule has 1 atom stereocenters. The predicted octanol–water partition coefficient (Wildman–Crippen LogP) is 2.53. The van der Waals surface area contributed by atoms with Crippen LogP contribution in [0.25, 0.3) is 0 Å². The number of rotatable bonds is 5. The van der Waals surface area contributed by atoms with Gasteiger partial charge in [-0.05, 0) is 30.7 Å². The zero-order valence-electron chi connectivity index (χ0n) is 13.6. The van der Waals surface area contributed by atoms with Gasteiger partial charge in [-0.15, -0.1) is 0 Å². The number of halogens is 1. The number of aryl methyl sites for hydroxylation is 1. The van der Waals surface area contributed by atoms with Crippen molar-refractivity contribution < 1.29 is 18.3 Å². The van der Waals surface area contributed by atoms with Crippen LogP contribution >= 0.6 is 0 Å². The summed E-state index contributed by atoms with van der Waals surface area (Å²) in [5, 5.41) is 2.96. The molecule has 5 nitrogen and oxygen atoms in total. The number of amides is 1. The Balaban J connectivity index is 1.73. The first-order chi connectivity index (χ1) is 11.6. The molecule has 1 fully saturated rings. The van der Waals surface area contributed by atoms with Crippen LogP contribution in [0.1, 0.15) is 27.7 Å². The lowest BCUT2D eigenvalue weighted by molar-refractivity contribution is 0.0162. The molecule has 1 N–H and O–H groups in total. The Hall–Kier alpha value is -2.18. The minimum atomic E-state index is -0.266. The van der Waals surface area contributed by atoms with Gasteiger partial charge in [-0.2, -0.15) is 0 Å². The molecule has 24 heavy (non-hydrogen) atoms. The average molecular weight is 332 g/mol. The van der Waals surface area contributed by atoms with Crippen LogP contribution in [0.2, 0.25) is 0 Å². The number of hydrogen-bond donors (Lipinski definition) is 1. The molecule has 1 aliphatic heterocycles. The molecule has 1 amide bonds. The quantitative estimate of drug-likeness (QED) is 0.914. The SMILES string of the molecule is Cc1occc1C(=O)NCC(c1ccc(F)cc1)N1CCOCC1. The lowest BCUT2D eigenvalue weighted by atomic mass is 10.0. The lowest BCUT2D eigenvalue weighted by Gasteiger charge is -2.35. The van der Waals surface area contributed by atoms with Crippen molar-refractivity contribution >= 4 is 5.91 Å². The van der Waals surface area contributed by atoms with E-state index in [4.69, 9.17) is 9.15 Å². The zero-order chi connectivity index (χ0) is 16.9. The molecule has 2 aromatic rings. The van der Waals surface area contributed by atoms with Crippen LogP contribution in [0.5, 0.6) is 0 Å². The smallest absolute Gasteiger partial charge is 0.254 e. The van der Waals surface area contributed by atoms with Crippen LogP contribution in [-0.4, -0.2) is 43.7 Å². The maximum Gasteiger partial charge on any atom is 0.254 e. The van der Waals surface area contributed by atoms with E-state index in [2.05, 4.69) is 10.2 Å². The molecule has 1 saturated heterocycles. The predicted molar refractivity (Wildman–Crippen MR) is 87.3 cm³/mol. The number of nitrogens with zero attached hydrogens (tertiary/aromatic N) is 1. The maximum atomic E-state index is 13.2. The topological polar surface area (TPSA) is 54.7 Å². The Morgan fingerprint density at radius 2 is 1.96 bits per heavy atom. The number of benzene rings is 1. The third-order valence-corrected chi connectivity index (χ3v) is 4.30. The Bertz CT molecular complexity index is 678. The molecule has 3 rings (SSSR count). The highest BCUT2D eigenvalue weighted by Gasteiger charge is 2.24. The molecule has 1 aromatic heterocycles. The van der Waals surface area contributed by atoms with Crippen molar-refractivity contribution in [1.29, 1.82) is 0 Å². The summed E-state index contributed by atoms with van der Waals surface area (Å²) in [7, 11) is 0. The molecule has 0 saturated carbocycles. The third kappa shape index (κ3) is 3.83. The highest BCUT2D eigenvalue weighted by molar-refractivity contribution is 5.95. The molecule has 1 aliphatic rings. The Morgan fingerprint density at radius 3 is 2.58 bits per heavy atom. The fourth-order valence-electron chi connectivity index (χ4n) is 2.94. The van der Waals surface area contributed by atoms with Gasteiger partial charge in [0.2, 0.25) is 0 Å². The number of carbonyl (C=O) groups excluding carboxylic acids is 1. The first-order valence-electron chi connectivity index (χ1n) is 8.04. The summed E-state index contributed by atoms with van der Waals surface area (Å²) in [6.07, 6.45) is 1.50. The largest absolute Gasteiger partial charge is 0.469 e. The zero-order valence-corrected chi connectivity index (χ0v) is 13.6. The second kappa shape index (κ2) is 7.59. The van der Waals surface area contributed by atoms with E-state index in [-0.39, 0.29) is 17.8 Å². The number of morpholine rings is 1. The van der Waals surface area contributed by atoms with Crippen LogP contribution < -0.4 is 5.32 Å². The monoisotopic (exact) mass is 332 g/mol. The van der Waals surface area contributed by atoms with Crippen molar-refractivity contribution in [2.75, 3.05) is 32.8 Å². The van der Waals surface area contributed by atoms with E-state index in [1.54, 1.807) is 25.1 Å². The highest BCUT2D eigenvalue weighted by Crippen LogP contribution is 2.22. The van der Waals surface area contributed by atoms with Crippen LogP contribution in [0.15, 0.2) is 41.0 Å². The molecule has 1 aromatic carbocycles. The molecule has 0 radical (unpaired) electrons. The van der Waals surface area contributed by atoms with Gasteiger partial charge in [-0.3, -0.25) is 9.69 Å². The number of furan rings is 1. The van der Waals surface area contributed by atoms with Crippen molar-refractivity contribution in [2.24, 2.45) is 0 Å². The van der Waals surface area contributed by atoms with Gasteiger partial charge in [0.25, 0.3) is 5.91 Å². The summed E-state index contributed by atoms with van der Waals surface area (Å²) in [4.78, 5) is 14.6. The minimum Gasteiger partial charge on any atom is -0.469 e. The number of carbonyl (C=O) groups is 1.